The Morgan fingerprint density at radius 2 is 1.89 bits per heavy atom. The molecular weight excluding hydrogens is 372 g/mol. The third-order valence-corrected chi connectivity index (χ3v) is 7.47. The number of hydrogen-bond acceptors (Lipinski definition) is 6. The standard InChI is InChI=1S/C21H24N4O2S/c1-12(26)22-14-7-5-13(6-8-14)16(27)11-28-19-23-18-17(24-25-19)15-9-10-21(18,4)20(15,2)3/h5-8,15H,9-11H2,1-4H3,(H,22,26)/t15-,21-/m1/s1. The Hall–Kier alpha value is -2.28. The predicted octanol–water partition coefficient (Wildman–Crippen LogP) is 3.98. The van der Waals surface area contributed by atoms with Crippen LogP contribution in [-0.4, -0.2) is 32.6 Å². The van der Waals surface area contributed by atoms with Crippen molar-refractivity contribution in [3.63, 3.8) is 0 Å². The van der Waals surface area contributed by atoms with Crippen LogP contribution in [0.4, 0.5) is 5.69 Å². The second kappa shape index (κ2) is 6.65. The van der Waals surface area contributed by atoms with Crippen LogP contribution in [0.25, 0.3) is 0 Å². The molecule has 2 atom stereocenters. The van der Waals surface area contributed by atoms with Crippen molar-refractivity contribution in [2.24, 2.45) is 5.41 Å². The number of carbonyl (C=O) groups excluding carboxylic acids is 2. The lowest BCUT2D eigenvalue weighted by Crippen LogP contribution is -2.32. The highest BCUT2D eigenvalue weighted by molar-refractivity contribution is 7.99. The maximum atomic E-state index is 12.5. The van der Waals surface area contributed by atoms with Crippen LogP contribution in [0.1, 0.15) is 68.2 Å². The summed E-state index contributed by atoms with van der Waals surface area (Å²) in [5, 5.41) is 12.0. The normalized spacial score (nSPS) is 24.1. The van der Waals surface area contributed by atoms with E-state index in [-0.39, 0.29) is 28.3 Å². The smallest absolute Gasteiger partial charge is 0.221 e. The molecule has 0 spiro atoms. The Labute approximate surface area is 168 Å². The Kier molecular flexibility index (Phi) is 4.53. The number of ketones is 1. The fourth-order valence-corrected chi connectivity index (χ4v) is 5.26. The number of hydrogen-bond donors (Lipinski definition) is 1. The molecule has 2 aliphatic rings. The van der Waals surface area contributed by atoms with Gasteiger partial charge < -0.3 is 5.32 Å². The van der Waals surface area contributed by atoms with E-state index >= 15 is 0 Å². The average molecular weight is 397 g/mol. The minimum Gasteiger partial charge on any atom is -0.326 e. The molecule has 1 N–H and O–H groups in total. The first-order chi connectivity index (χ1) is 13.2. The first-order valence-electron chi connectivity index (χ1n) is 9.51. The van der Waals surface area contributed by atoms with Gasteiger partial charge in [0, 0.05) is 29.5 Å². The lowest BCUT2D eigenvalue weighted by Gasteiger charge is -2.33. The van der Waals surface area contributed by atoms with Gasteiger partial charge in [-0.15, -0.1) is 5.10 Å². The minimum absolute atomic E-state index is 0.00321. The first-order valence-corrected chi connectivity index (χ1v) is 10.5. The SMILES string of the molecule is CC(=O)Nc1ccc(C(=O)CSc2nnc3c(n2)[C@@]2(C)CC[C@H]3C2(C)C)cc1. The highest BCUT2D eigenvalue weighted by Crippen LogP contribution is 2.66. The van der Waals surface area contributed by atoms with Crippen molar-refractivity contribution in [1.82, 2.24) is 15.2 Å². The number of anilines is 1. The quantitative estimate of drug-likeness (QED) is 0.608. The molecule has 6 nitrogen and oxygen atoms in total. The van der Waals surface area contributed by atoms with Gasteiger partial charge in [0.25, 0.3) is 0 Å². The van der Waals surface area contributed by atoms with E-state index in [1.807, 2.05) is 0 Å². The van der Waals surface area contributed by atoms with Gasteiger partial charge in [0.2, 0.25) is 11.1 Å². The van der Waals surface area contributed by atoms with Crippen LogP contribution in [0.2, 0.25) is 0 Å². The van der Waals surface area contributed by atoms with Crippen LogP contribution in [0.3, 0.4) is 0 Å². The number of aromatic nitrogens is 3. The molecule has 0 saturated heterocycles. The molecule has 1 aromatic heterocycles. The number of amides is 1. The van der Waals surface area contributed by atoms with E-state index < -0.39 is 0 Å². The molecule has 28 heavy (non-hydrogen) atoms. The van der Waals surface area contributed by atoms with Crippen LogP contribution in [-0.2, 0) is 10.2 Å². The maximum Gasteiger partial charge on any atom is 0.221 e. The number of thioether (sulfide) groups is 1. The van der Waals surface area contributed by atoms with Crippen LogP contribution in [0.5, 0.6) is 0 Å². The second-order valence-electron chi connectivity index (χ2n) is 8.44. The summed E-state index contributed by atoms with van der Waals surface area (Å²) in [5.74, 6) is 0.539. The molecule has 2 aromatic rings. The molecule has 0 radical (unpaired) electrons. The van der Waals surface area contributed by atoms with Crippen LogP contribution < -0.4 is 5.32 Å². The summed E-state index contributed by atoms with van der Waals surface area (Å²) < 4.78 is 0. The van der Waals surface area contributed by atoms with E-state index in [1.165, 1.54) is 18.7 Å². The molecule has 1 amide bonds. The Morgan fingerprint density at radius 3 is 2.57 bits per heavy atom. The summed E-state index contributed by atoms with van der Waals surface area (Å²) in [4.78, 5) is 28.4. The number of rotatable bonds is 5. The molecule has 7 heteroatoms. The number of Topliss-reactive ketones (excluding diaryl/α,β-unsaturated/α-hetero) is 1. The summed E-state index contributed by atoms with van der Waals surface area (Å²) in [5.41, 5.74) is 3.56. The topological polar surface area (TPSA) is 84.8 Å². The summed E-state index contributed by atoms with van der Waals surface area (Å²) in [7, 11) is 0. The minimum atomic E-state index is -0.138. The number of nitrogens with zero attached hydrogens (tertiary/aromatic N) is 3. The van der Waals surface area contributed by atoms with Gasteiger partial charge >= 0.3 is 0 Å². The van der Waals surface area contributed by atoms with Crippen molar-refractivity contribution in [3.05, 3.63) is 41.2 Å². The molecule has 146 valence electrons. The average Bonchev–Trinajstić information content (AvgIpc) is 2.98. The monoisotopic (exact) mass is 396 g/mol. The zero-order valence-corrected chi connectivity index (χ0v) is 17.4. The summed E-state index contributed by atoms with van der Waals surface area (Å²) >= 11 is 1.33. The highest BCUT2D eigenvalue weighted by atomic mass is 32.2. The van der Waals surface area contributed by atoms with Crippen molar-refractivity contribution in [2.45, 2.75) is 57.0 Å². The number of nitrogens with one attached hydrogen (secondary N) is 1. The van der Waals surface area contributed by atoms with E-state index in [2.05, 4.69) is 36.3 Å². The fraction of sp³-hybridized carbons (Fsp3) is 0.476. The van der Waals surface area contributed by atoms with Crippen molar-refractivity contribution < 1.29 is 9.59 Å². The maximum absolute atomic E-state index is 12.5. The molecule has 2 bridgehead atoms. The van der Waals surface area contributed by atoms with Gasteiger partial charge in [0.05, 0.1) is 17.1 Å². The molecule has 1 fully saturated rings. The lowest BCUT2D eigenvalue weighted by molar-refractivity contribution is -0.114. The lowest BCUT2D eigenvalue weighted by atomic mass is 9.70. The van der Waals surface area contributed by atoms with Gasteiger partial charge in [-0.2, -0.15) is 5.10 Å². The third kappa shape index (κ3) is 2.92. The van der Waals surface area contributed by atoms with Crippen molar-refractivity contribution in [2.75, 3.05) is 11.1 Å². The Bertz CT molecular complexity index is 957. The zero-order valence-electron chi connectivity index (χ0n) is 16.6. The largest absolute Gasteiger partial charge is 0.326 e. The highest BCUT2D eigenvalue weighted by Gasteiger charge is 2.61. The third-order valence-electron chi connectivity index (χ3n) is 6.63. The van der Waals surface area contributed by atoms with Crippen LogP contribution in [0, 0.1) is 5.41 Å². The number of benzene rings is 1. The molecule has 0 unspecified atom stereocenters. The van der Waals surface area contributed by atoms with Gasteiger partial charge in [-0.1, -0.05) is 32.5 Å². The number of carbonyl (C=O) groups is 2. The van der Waals surface area contributed by atoms with Crippen molar-refractivity contribution >= 4 is 29.1 Å². The first kappa shape index (κ1) is 19.1. The van der Waals surface area contributed by atoms with Gasteiger partial charge in [-0.3, -0.25) is 9.59 Å². The van der Waals surface area contributed by atoms with Crippen LogP contribution >= 0.6 is 11.8 Å². The molecule has 0 aliphatic heterocycles. The van der Waals surface area contributed by atoms with E-state index in [9.17, 15) is 9.59 Å². The molecule has 1 aromatic carbocycles. The molecular formula is C21H24N4O2S. The predicted molar refractivity (Wildman–Crippen MR) is 109 cm³/mol. The Balaban J connectivity index is 1.45. The zero-order chi connectivity index (χ0) is 20.1. The van der Waals surface area contributed by atoms with E-state index in [4.69, 9.17) is 4.98 Å². The molecule has 4 rings (SSSR count). The Morgan fingerprint density at radius 1 is 1.18 bits per heavy atom. The molecule has 2 aliphatic carbocycles. The summed E-state index contributed by atoms with van der Waals surface area (Å²) in [6.45, 7) is 8.33. The van der Waals surface area contributed by atoms with E-state index in [0.717, 1.165) is 24.2 Å². The van der Waals surface area contributed by atoms with Gasteiger partial charge in [-0.25, -0.2) is 4.98 Å². The fourth-order valence-electron chi connectivity index (χ4n) is 4.58. The summed E-state index contributed by atoms with van der Waals surface area (Å²) in [6.07, 6.45) is 2.27. The second-order valence-corrected chi connectivity index (χ2v) is 9.39. The molecule has 1 saturated carbocycles. The van der Waals surface area contributed by atoms with Crippen molar-refractivity contribution in [1.29, 1.82) is 0 Å². The van der Waals surface area contributed by atoms with E-state index in [0.29, 0.717) is 22.3 Å². The van der Waals surface area contributed by atoms with Gasteiger partial charge in [0.1, 0.15) is 0 Å². The van der Waals surface area contributed by atoms with Crippen molar-refractivity contribution in [3.8, 4) is 0 Å². The molecule has 1 heterocycles. The van der Waals surface area contributed by atoms with Gasteiger partial charge in [0.15, 0.2) is 5.78 Å². The van der Waals surface area contributed by atoms with Gasteiger partial charge in [-0.05, 0) is 42.5 Å². The van der Waals surface area contributed by atoms with E-state index in [1.54, 1.807) is 24.3 Å². The van der Waals surface area contributed by atoms with Crippen LogP contribution in [0.15, 0.2) is 29.4 Å². The number of fused-ring (bicyclic) bond motifs is 5. The summed E-state index contributed by atoms with van der Waals surface area (Å²) in [6, 6.07) is 6.90.